The van der Waals surface area contributed by atoms with Gasteiger partial charge in [0.15, 0.2) is 5.03 Å². The summed E-state index contributed by atoms with van der Waals surface area (Å²) in [6, 6.07) is 0. The second kappa shape index (κ2) is 3.82. The molecule has 0 aromatic carbocycles. The van der Waals surface area contributed by atoms with E-state index in [0.29, 0.717) is 0 Å². The lowest BCUT2D eigenvalue weighted by atomic mass is 9.73. The molecule has 0 unspecified atom stereocenters. The molecule has 0 spiro atoms. The van der Waals surface area contributed by atoms with E-state index in [-0.39, 0.29) is 0 Å². The van der Waals surface area contributed by atoms with Crippen molar-refractivity contribution in [3.8, 4) is 0 Å². The monoisotopic (exact) mass is 166 g/mol. The van der Waals surface area contributed by atoms with E-state index in [1.165, 1.54) is 5.03 Å². The highest BCUT2D eigenvalue weighted by atomic mass is 127. The molecule has 0 amide bonds. The zero-order valence-electron chi connectivity index (χ0n) is 1.98. The molecule has 0 aliphatic rings. The summed E-state index contributed by atoms with van der Waals surface area (Å²) in [7, 11) is 0.987. The average Bonchev–Trinajstić information content (AvgIpc) is 1.37. The normalized spacial score (nSPS) is 5.50. The van der Waals surface area contributed by atoms with Crippen molar-refractivity contribution in [3.05, 3.63) is 0 Å². The number of hydrogen-bond donors (Lipinski definition) is 1. The Kier molecular flexibility index (Phi) is 4.60. The Morgan fingerprint density at radius 2 is 2.00 bits per heavy atom. The van der Waals surface area contributed by atoms with Crippen molar-refractivity contribution in [2.45, 2.75) is 0 Å². The third-order valence-electron chi connectivity index (χ3n) is 0.0563. The largest absolute Gasteiger partial charge is 0.464 e. The van der Waals surface area contributed by atoms with E-state index in [0.717, 1.165) is 7.37 Å². The van der Waals surface area contributed by atoms with Crippen LogP contribution in [-0.4, -0.2) is 17.4 Å². The Hall–Kier alpha value is 0.820. The summed E-state index contributed by atoms with van der Waals surface area (Å²) in [4.78, 5) is 0. The van der Waals surface area contributed by atoms with Crippen LogP contribution in [0.5, 0.6) is 0 Å². The van der Waals surface area contributed by atoms with Gasteiger partial charge in [-0.05, 0) is 0 Å². The lowest BCUT2D eigenvalue weighted by Crippen LogP contribution is -1.88. The molecule has 0 atom stereocenters. The van der Waals surface area contributed by atoms with Crippen molar-refractivity contribution >= 4 is 34.8 Å². The zero-order chi connectivity index (χ0) is 3.41. The van der Waals surface area contributed by atoms with Crippen molar-refractivity contribution in [1.29, 1.82) is 0 Å². The maximum absolute atomic E-state index is 7.69. The van der Waals surface area contributed by atoms with E-state index in [4.69, 9.17) is 5.02 Å². The van der Waals surface area contributed by atoms with Gasteiger partial charge in [0, 0.05) is 0 Å². The van der Waals surface area contributed by atoms with Crippen LogP contribution in [0, 0.1) is 0 Å². The topological polar surface area (TPSA) is 20.2 Å². The third kappa shape index (κ3) is 2.82. The molecule has 0 saturated heterocycles. The van der Waals surface area contributed by atoms with E-state index in [1.54, 1.807) is 0 Å². The van der Waals surface area contributed by atoms with Crippen LogP contribution in [0.2, 0.25) is 0 Å². The molecule has 0 aliphatic heterocycles. The van der Waals surface area contributed by atoms with Gasteiger partial charge in [-0.15, -0.1) is 0 Å². The average molecular weight is 166 g/mol. The molecular weight excluding hydrogens is 165 g/mol. The van der Waals surface area contributed by atoms with Gasteiger partial charge in [0.2, 0.25) is 0 Å². The summed E-state index contributed by atoms with van der Waals surface area (Å²) < 4.78 is 0. The Bertz CT molecular complexity index is 8.00. The van der Waals surface area contributed by atoms with E-state index in [1.807, 2.05) is 22.4 Å². The molecule has 20 valence electrons. The van der Waals surface area contributed by atoms with Gasteiger partial charge in [-0.2, -0.15) is 22.4 Å². The fourth-order valence-corrected chi connectivity index (χ4v) is 0. The third-order valence-corrected chi connectivity index (χ3v) is 0.378. The first kappa shape index (κ1) is 4.82. The van der Waals surface area contributed by atoms with E-state index >= 15 is 0 Å². The quantitative estimate of drug-likeness (QED) is 0.413. The van der Waals surface area contributed by atoms with E-state index < -0.39 is 0 Å². The summed E-state index contributed by atoms with van der Waals surface area (Å²) in [6.45, 7) is 0. The minimum absolute atomic E-state index is 0.987. The van der Waals surface area contributed by atoms with Crippen LogP contribution in [0.3, 0.4) is 0 Å². The molecule has 4 heteroatoms. The molecule has 2 radical (unpaired) electrons. The Balaban J connectivity index is 1.97. The van der Waals surface area contributed by atoms with Crippen LogP contribution >= 0.6 is 22.4 Å². The minimum atomic E-state index is 0.987. The SMILES string of the molecule is O[B][B]I. The molecule has 4 heavy (non-hydrogen) atoms. The second-order valence-corrected chi connectivity index (χ2v) is 0.994. The smallest absolute Gasteiger partial charge is 0.251 e. The van der Waals surface area contributed by atoms with Gasteiger partial charge < -0.3 is 5.02 Å². The molecule has 0 saturated carbocycles. The minimum Gasteiger partial charge on any atom is -0.464 e. The van der Waals surface area contributed by atoms with E-state index in [9.17, 15) is 0 Å². The van der Waals surface area contributed by atoms with Gasteiger partial charge in [0.05, 0.1) is 0 Å². The van der Waals surface area contributed by atoms with Crippen molar-refractivity contribution in [2.24, 2.45) is 0 Å². The second-order valence-electron chi connectivity index (χ2n) is 0.275. The molecule has 1 nitrogen and oxygen atoms in total. The van der Waals surface area contributed by atoms with Gasteiger partial charge in [-0.3, -0.25) is 0 Å². The first-order valence-electron chi connectivity index (χ1n) is 0.810. The van der Waals surface area contributed by atoms with Gasteiger partial charge in [0.1, 0.15) is 0 Å². The summed E-state index contributed by atoms with van der Waals surface area (Å²) in [5.41, 5.74) is 0. The summed E-state index contributed by atoms with van der Waals surface area (Å²) in [6.07, 6.45) is 0. The Morgan fingerprint density at radius 3 is 2.00 bits per heavy atom. The first-order valence-corrected chi connectivity index (χ1v) is 2.06. The lowest BCUT2D eigenvalue weighted by Gasteiger charge is -1.58. The lowest BCUT2D eigenvalue weighted by molar-refractivity contribution is 0.621. The van der Waals surface area contributed by atoms with Crippen LogP contribution in [0.1, 0.15) is 0 Å². The van der Waals surface area contributed by atoms with Crippen LogP contribution < -0.4 is 0 Å². The van der Waals surface area contributed by atoms with Crippen LogP contribution in [0.4, 0.5) is 0 Å². The van der Waals surface area contributed by atoms with Gasteiger partial charge in [-0.25, -0.2) is 0 Å². The molecular formula is HB2IO. The van der Waals surface area contributed by atoms with Crippen molar-refractivity contribution < 1.29 is 5.02 Å². The summed E-state index contributed by atoms with van der Waals surface area (Å²) in [5.74, 6) is 0. The van der Waals surface area contributed by atoms with Crippen LogP contribution in [0.15, 0.2) is 0 Å². The molecule has 0 aliphatic carbocycles. The Morgan fingerprint density at radius 1 is 1.75 bits per heavy atom. The van der Waals surface area contributed by atoms with Crippen molar-refractivity contribution in [1.82, 2.24) is 0 Å². The van der Waals surface area contributed by atoms with Gasteiger partial charge in [0.25, 0.3) is 7.37 Å². The maximum atomic E-state index is 7.69. The maximum Gasteiger partial charge on any atom is 0.251 e. The summed E-state index contributed by atoms with van der Waals surface area (Å²) in [5, 5.41) is 9.21. The van der Waals surface area contributed by atoms with E-state index in [2.05, 4.69) is 0 Å². The predicted octanol–water partition coefficient (Wildman–Crippen LogP) is -0.433. The predicted molar refractivity (Wildman–Crippen MR) is 27.7 cm³/mol. The standard InChI is InChI=1S/B2HIO/c3-1-2-4/h4H. The van der Waals surface area contributed by atoms with Crippen LogP contribution in [0.25, 0.3) is 0 Å². The highest BCUT2D eigenvalue weighted by Crippen LogP contribution is 1.63. The number of halogens is 1. The van der Waals surface area contributed by atoms with Crippen molar-refractivity contribution in [2.75, 3.05) is 0 Å². The molecule has 0 heterocycles. The highest BCUT2D eigenvalue weighted by Gasteiger charge is 1.72. The fraction of sp³-hybridized carbons (Fsp3) is 0. The molecule has 0 rings (SSSR count). The highest BCUT2D eigenvalue weighted by molar-refractivity contribution is 14.1. The summed E-state index contributed by atoms with van der Waals surface area (Å²) >= 11 is 1.92. The number of rotatable bonds is 1. The molecule has 0 fully saturated rings. The fourth-order valence-electron chi connectivity index (χ4n) is 0. The zero-order valence-corrected chi connectivity index (χ0v) is 4.14. The van der Waals surface area contributed by atoms with Crippen molar-refractivity contribution in [3.63, 3.8) is 0 Å². The van der Waals surface area contributed by atoms with Gasteiger partial charge in [-0.1, -0.05) is 0 Å². The Labute approximate surface area is 40.2 Å². The molecule has 0 aromatic heterocycles. The number of hydrogen-bond acceptors (Lipinski definition) is 1. The van der Waals surface area contributed by atoms with Gasteiger partial charge >= 0.3 is 0 Å². The van der Waals surface area contributed by atoms with Crippen LogP contribution in [-0.2, 0) is 0 Å². The molecule has 1 N–H and O–H groups in total. The first-order chi connectivity index (χ1) is 1.91. The molecule has 0 aromatic rings. The molecule has 0 bridgehead atoms.